The van der Waals surface area contributed by atoms with Crippen LogP contribution in [0.15, 0.2) is 60.7 Å². The van der Waals surface area contributed by atoms with Crippen molar-refractivity contribution < 1.29 is 9.59 Å². The number of aryl methyl sites for hydroxylation is 1. The molecule has 0 aliphatic carbocycles. The molecule has 0 aliphatic heterocycles. The molecule has 6 heteroatoms. The first-order valence-electron chi connectivity index (χ1n) is 9.71. The fourth-order valence-electron chi connectivity index (χ4n) is 2.41. The number of ketones is 1. The van der Waals surface area contributed by atoms with Gasteiger partial charge in [-0.15, -0.1) is 0 Å². The predicted octanol–water partition coefficient (Wildman–Crippen LogP) is 6.99. The van der Waals surface area contributed by atoms with Crippen LogP contribution < -0.4 is 5.32 Å². The highest BCUT2D eigenvalue weighted by molar-refractivity contribution is 6.35. The number of anilines is 1. The molecule has 1 N–H and O–H groups in total. The maximum Gasteiger partial charge on any atom is 0.257 e. The summed E-state index contributed by atoms with van der Waals surface area (Å²) < 4.78 is 0. The van der Waals surface area contributed by atoms with E-state index in [1.165, 1.54) is 18.9 Å². The lowest BCUT2D eigenvalue weighted by molar-refractivity contribution is 0.102. The zero-order valence-electron chi connectivity index (χ0n) is 17.2. The number of amides is 1. The standard InChI is InChI=1S/C20H14Cl2N2O2.C4H10/c1-12-18(22)16(20(26)24-15-5-3-2-4-6-15)11-17(23-12)19(25)13-7-9-14(21)10-8-13;1-3-4-2/h2-11H,1H3,(H,24,26);3-4H2,1-2H3. The van der Waals surface area contributed by atoms with Crippen LogP contribution in [0.3, 0.4) is 0 Å². The summed E-state index contributed by atoms with van der Waals surface area (Å²) in [7, 11) is 0. The van der Waals surface area contributed by atoms with E-state index in [4.69, 9.17) is 23.2 Å². The molecule has 0 saturated heterocycles. The molecule has 0 atom stereocenters. The van der Waals surface area contributed by atoms with E-state index in [9.17, 15) is 9.59 Å². The number of hydrogen-bond donors (Lipinski definition) is 1. The number of nitrogens with one attached hydrogen (secondary N) is 1. The van der Waals surface area contributed by atoms with Crippen LogP contribution in [0.25, 0.3) is 0 Å². The Morgan fingerprint density at radius 3 is 2.10 bits per heavy atom. The number of aromatic nitrogens is 1. The molecule has 30 heavy (non-hydrogen) atoms. The molecular formula is C24H24Cl2N2O2. The van der Waals surface area contributed by atoms with Gasteiger partial charge in [0.1, 0.15) is 5.69 Å². The number of pyridine rings is 1. The maximum absolute atomic E-state index is 12.7. The molecular weight excluding hydrogens is 419 g/mol. The number of carbonyl (C=O) groups excluding carboxylic acids is 2. The van der Waals surface area contributed by atoms with Crippen molar-refractivity contribution >= 4 is 40.6 Å². The van der Waals surface area contributed by atoms with Gasteiger partial charge in [0.2, 0.25) is 5.78 Å². The Balaban J connectivity index is 0.000000735. The van der Waals surface area contributed by atoms with Crippen LogP contribution in [0.4, 0.5) is 5.69 Å². The van der Waals surface area contributed by atoms with Gasteiger partial charge in [0.25, 0.3) is 5.91 Å². The van der Waals surface area contributed by atoms with Crippen molar-refractivity contribution in [3.63, 3.8) is 0 Å². The second-order valence-corrected chi connectivity index (χ2v) is 7.43. The van der Waals surface area contributed by atoms with E-state index < -0.39 is 5.91 Å². The summed E-state index contributed by atoms with van der Waals surface area (Å²) in [5, 5.41) is 3.51. The van der Waals surface area contributed by atoms with Crippen molar-refractivity contribution in [1.29, 1.82) is 0 Å². The van der Waals surface area contributed by atoms with Crippen molar-refractivity contribution in [3.05, 3.63) is 93.2 Å². The normalized spacial score (nSPS) is 10.0. The lowest BCUT2D eigenvalue weighted by Crippen LogP contribution is -2.15. The Hall–Kier alpha value is -2.69. The summed E-state index contributed by atoms with van der Waals surface area (Å²) in [6.07, 6.45) is 2.64. The van der Waals surface area contributed by atoms with E-state index in [2.05, 4.69) is 24.1 Å². The van der Waals surface area contributed by atoms with Crippen molar-refractivity contribution in [2.75, 3.05) is 5.32 Å². The number of unbranched alkanes of at least 4 members (excludes halogenated alkanes) is 1. The van der Waals surface area contributed by atoms with Crippen molar-refractivity contribution in [3.8, 4) is 0 Å². The Morgan fingerprint density at radius 2 is 1.53 bits per heavy atom. The van der Waals surface area contributed by atoms with Crippen molar-refractivity contribution in [1.82, 2.24) is 4.98 Å². The maximum atomic E-state index is 12.7. The van der Waals surface area contributed by atoms with Crippen LogP contribution in [0.5, 0.6) is 0 Å². The van der Waals surface area contributed by atoms with Crippen LogP contribution >= 0.6 is 23.2 Å². The van der Waals surface area contributed by atoms with E-state index in [0.29, 0.717) is 22.0 Å². The minimum absolute atomic E-state index is 0.146. The number of hydrogen-bond acceptors (Lipinski definition) is 3. The molecule has 1 heterocycles. The lowest BCUT2D eigenvalue weighted by Gasteiger charge is -2.10. The molecule has 3 rings (SSSR count). The van der Waals surface area contributed by atoms with Gasteiger partial charge in [-0.1, -0.05) is 68.1 Å². The summed E-state index contributed by atoms with van der Waals surface area (Å²) in [4.78, 5) is 29.5. The van der Waals surface area contributed by atoms with Crippen LogP contribution in [-0.4, -0.2) is 16.7 Å². The molecule has 4 nitrogen and oxygen atoms in total. The Labute approximate surface area is 187 Å². The Kier molecular flexibility index (Phi) is 9.03. The summed E-state index contributed by atoms with van der Waals surface area (Å²) in [6, 6.07) is 16.9. The first kappa shape index (κ1) is 23.6. The molecule has 0 spiro atoms. The summed E-state index contributed by atoms with van der Waals surface area (Å²) >= 11 is 12.1. The van der Waals surface area contributed by atoms with Gasteiger partial charge in [0.05, 0.1) is 16.3 Å². The van der Waals surface area contributed by atoms with Crippen LogP contribution in [-0.2, 0) is 0 Å². The number of benzene rings is 2. The quantitative estimate of drug-likeness (QED) is 0.433. The second-order valence-electron chi connectivity index (χ2n) is 6.61. The monoisotopic (exact) mass is 442 g/mol. The molecule has 156 valence electrons. The fraction of sp³-hybridized carbons (Fsp3) is 0.208. The van der Waals surface area contributed by atoms with E-state index in [1.54, 1.807) is 43.3 Å². The van der Waals surface area contributed by atoms with Gasteiger partial charge in [0.15, 0.2) is 0 Å². The highest BCUT2D eigenvalue weighted by Crippen LogP contribution is 2.23. The zero-order valence-corrected chi connectivity index (χ0v) is 18.7. The topological polar surface area (TPSA) is 59.1 Å². The minimum atomic E-state index is -0.406. The number of carbonyl (C=O) groups is 2. The molecule has 0 unspecified atom stereocenters. The van der Waals surface area contributed by atoms with Gasteiger partial charge in [-0.05, 0) is 49.4 Å². The third kappa shape index (κ3) is 6.41. The van der Waals surface area contributed by atoms with Crippen molar-refractivity contribution in [2.24, 2.45) is 0 Å². The highest BCUT2D eigenvalue weighted by atomic mass is 35.5. The third-order valence-electron chi connectivity index (χ3n) is 4.24. The predicted molar refractivity (Wildman–Crippen MR) is 124 cm³/mol. The average molecular weight is 443 g/mol. The van der Waals surface area contributed by atoms with Crippen molar-refractivity contribution in [2.45, 2.75) is 33.6 Å². The number of rotatable bonds is 5. The summed E-state index contributed by atoms with van der Waals surface area (Å²) in [6.45, 7) is 6.01. The first-order chi connectivity index (χ1) is 14.4. The van der Waals surface area contributed by atoms with Crippen LogP contribution in [0, 0.1) is 6.92 Å². The molecule has 0 bridgehead atoms. The smallest absolute Gasteiger partial charge is 0.257 e. The van der Waals surface area contributed by atoms with Gasteiger partial charge in [-0.2, -0.15) is 0 Å². The lowest BCUT2D eigenvalue weighted by atomic mass is 10.1. The Morgan fingerprint density at radius 1 is 0.933 bits per heavy atom. The molecule has 3 aromatic rings. The SMILES string of the molecule is CCCC.Cc1nc(C(=O)c2ccc(Cl)cc2)cc(C(=O)Nc2ccccc2)c1Cl. The van der Waals surface area contributed by atoms with E-state index in [1.807, 2.05) is 18.2 Å². The molecule has 2 aromatic carbocycles. The number of halogens is 2. The van der Waals surface area contributed by atoms with E-state index >= 15 is 0 Å². The molecule has 0 fully saturated rings. The number of nitrogens with zero attached hydrogens (tertiary/aromatic N) is 1. The van der Waals surface area contributed by atoms with Gasteiger partial charge in [-0.25, -0.2) is 4.98 Å². The van der Waals surface area contributed by atoms with Crippen LogP contribution in [0.1, 0.15) is 58.8 Å². The van der Waals surface area contributed by atoms with Gasteiger partial charge in [-0.3, -0.25) is 9.59 Å². The van der Waals surface area contributed by atoms with E-state index in [-0.39, 0.29) is 22.1 Å². The van der Waals surface area contributed by atoms with Gasteiger partial charge >= 0.3 is 0 Å². The zero-order chi connectivity index (χ0) is 22.1. The summed E-state index contributed by atoms with van der Waals surface area (Å²) in [5.41, 5.74) is 1.81. The largest absolute Gasteiger partial charge is 0.322 e. The summed E-state index contributed by atoms with van der Waals surface area (Å²) in [5.74, 6) is -0.716. The Bertz CT molecular complexity index is 1000. The first-order valence-corrected chi connectivity index (χ1v) is 10.5. The molecule has 0 saturated carbocycles. The third-order valence-corrected chi connectivity index (χ3v) is 4.97. The second kappa shape index (κ2) is 11.5. The minimum Gasteiger partial charge on any atom is -0.322 e. The van der Waals surface area contributed by atoms with Gasteiger partial charge in [0, 0.05) is 16.3 Å². The molecule has 0 radical (unpaired) electrons. The van der Waals surface area contributed by atoms with E-state index in [0.717, 1.165) is 0 Å². The van der Waals surface area contributed by atoms with Crippen LogP contribution in [0.2, 0.25) is 10.0 Å². The van der Waals surface area contributed by atoms with Gasteiger partial charge < -0.3 is 5.32 Å². The fourth-order valence-corrected chi connectivity index (χ4v) is 2.72. The molecule has 1 amide bonds. The number of para-hydroxylation sites is 1. The molecule has 1 aromatic heterocycles. The highest BCUT2D eigenvalue weighted by Gasteiger charge is 2.19. The average Bonchev–Trinajstić information content (AvgIpc) is 2.76. The molecule has 0 aliphatic rings.